The summed E-state index contributed by atoms with van der Waals surface area (Å²) in [5.41, 5.74) is 2.03. The number of carbonyl (C=O) groups excluding carboxylic acids is 1. The summed E-state index contributed by atoms with van der Waals surface area (Å²) in [6.07, 6.45) is 3.29. The van der Waals surface area contributed by atoms with Crippen molar-refractivity contribution in [3.63, 3.8) is 0 Å². The van der Waals surface area contributed by atoms with Crippen molar-refractivity contribution in [2.75, 3.05) is 4.90 Å². The van der Waals surface area contributed by atoms with E-state index in [2.05, 4.69) is 5.10 Å². The summed E-state index contributed by atoms with van der Waals surface area (Å²) in [4.78, 5) is 26.6. The SMILES string of the molecule is CC1CCc2ccccc2N1C(=O)Cn1nc(-c2ccco2)oc1=O. The van der Waals surface area contributed by atoms with Crippen molar-refractivity contribution in [3.05, 3.63) is 58.8 Å². The van der Waals surface area contributed by atoms with Gasteiger partial charge in [-0.05, 0) is 43.5 Å². The van der Waals surface area contributed by atoms with E-state index >= 15 is 0 Å². The van der Waals surface area contributed by atoms with Crippen LogP contribution in [-0.4, -0.2) is 21.7 Å². The van der Waals surface area contributed by atoms with Crippen LogP contribution in [0, 0.1) is 0 Å². The van der Waals surface area contributed by atoms with Crippen molar-refractivity contribution in [3.8, 4) is 11.7 Å². The number of para-hydroxylation sites is 1. The summed E-state index contributed by atoms with van der Waals surface area (Å²) in [5, 5.41) is 4.06. The van der Waals surface area contributed by atoms with Gasteiger partial charge in [-0.2, -0.15) is 4.68 Å². The summed E-state index contributed by atoms with van der Waals surface area (Å²) in [7, 11) is 0. The molecule has 2 aromatic heterocycles. The van der Waals surface area contributed by atoms with Gasteiger partial charge >= 0.3 is 5.76 Å². The molecule has 3 aromatic rings. The molecule has 25 heavy (non-hydrogen) atoms. The molecule has 1 aliphatic rings. The lowest BCUT2D eigenvalue weighted by Crippen LogP contribution is -2.44. The van der Waals surface area contributed by atoms with E-state index in [0.29, 0.717) is 5.76 Å². The van der Waals surface area contributed by atoms with Gasteiger partial charge < -0.3 is 13.7 Å². The molecule has 1 amide bonds. The molecule has 0 spiro atoms. The number of hydrogen-bond acceptors (Lipinski definition) is 5. The van der Waals surface area contributed by atoms with Crippen LogP contribution in [0.5, 0.6) is 0 Å². The van der Waals surface area contributed by atoms with Crippen LogP contribution in [0.1, 0.15) is 18.9 Å². The Bertz CT molecular complexity index is 955. The van der Waals surface area contributed by atoms with E-state index in [-0.39, 0.29) is 24.4 Å². The Hall–Kier alpha value is -3.09. The topological polar surface area (TPSA) is 81.5 Å². The number of benzene rings is 1. The number of anilines is 1. The van der Waals surface area contributed by atoms with E-state index in [9.17, 15) is 9.59 Å². The first-order valence-electron chi connectivity index (χ1n) is 8.15. The van der Waals surface area contributed by atoms with Gasteiger partial charge in [0.15, 0.2) is 5.76 Å². The van der Waals surface area contributed by atoms with Gasteiger partial charge in [-0.25, -0.2) is 4.79 Å². The molecule has 0 saturated carbocycles. The molecule has 0 radical (unpaired) electrons. The third-order valence-electron chi connectivity index (χ3n) is 4.42. The number of furan rings is 1. The van der Waals surface area contributed by atoms with Gasteiger partial charge in [-0.15, -0.1) is 5.10 Å². The minimum Gasteiger partial charge on any atom is -0.459 e. The maximum absolute atomic E-state index is 12.8. The first kappa shape index (κ1) is 15.4. The van der Waals surface area contributed by atoms with E-state index in [4.69, 9.17) is 8.83 Å². The molecule has 1 aliphatic heterocycles. The Labute approximate surface area is 143 Å². The van der Waals surface area contributed by atoms with Gasteiger partial charge in [0.05, 0.1) is 6.26 Å². The second-order valence-electron chi connectivity index (χ2n) is 6.09. The van der Waals surface area contributed by atoms with Crippen molar-refractivity contribution >= 4 is 11.6 Å². The summed E-state index contributed by atoms with van der Waals surface area (Å²) in [6, 6.07) is 11.2. The monoisotopic (exact) mass is 339 g/mol. The molecule has 0 saturated heterocycles. The molecule has 0 bridgehead atoms. The van der Waals surface area contributed by atoms with Crippen LogP contribution >= 0.6 is 0 Å². The minimum absolute atomic E-state index is 0.0644. The van der Waals surface area contributed by atoms with Crippen molar-refractivity contribution in [2.24, 2.45) is 0 Å². The summed E-state index contributed by atoms with van der Waals surface area (Å²) < 4.78 is 11.3. The zero-order valence-electron chi connectivity index (χ0n) is 13.7. The Kier molecular flexibility index (Phi) is 3.76. The number of rotatable bonds is 3. The first-order chi connectivity index (χ1) is 12.1. The molecule has 1 aromatic carbocycles. The van der Waals surface area contributed by atoms with Gasteiger partial charge in [0.25, 0.3) is 5.89 Å². The average Bonchev–Trinajstić information content (AvgIpc) is 3.25. The lowest BCUT2D eigenvalue weighted by Gasteiger charge is -2.35. The van der Waals surface area contributed by atoms with Crippen molar-refractivity contribution in [1.29, 1.82) is 0 Å². The van der Waals surface area contributed by atoms with Gasteiger partial charge in [-0.3, -0.25) is 4.79 Å². The van der Waals surface area contributed by atoms with Gasteiger partial charge in [0.2, 0.25) is 5.91 Å². The highest BCUT2D eigenvalue weighted by atomic mass is 16.4. The fraction of sp³-hybridized carbons (Fsp3) is 0.278. The molecule has 0 fully saturated rings. The predicted molar refractivity (Wildman–Crippen MR) is 90.2 cm³/mol. The van der Waals surface area contributed by atoms with Crippen LogP contribution in [0.25, 0.3) is 11.7 Å². The Morgan fingerprint density at radius 2 is 2.12 bits per heavy atom. The second kappa shape index (κ2) is 6.08. The lowest BCUT2D eigenvalue weighted by molar-refractivity contribution is -0.120. The number of aryl methyl sites for hydroxylation is 1. The number of carbonyl (C=O) groups is 1. The maximum atomic E-state index is 12.8. The van der Waals surface area contributed by atoms with Crippen LogP contribution < -0.4 is 10.7 Å². The van der Waals surface area contributed by atoms with Gasteiger partial charge in [0, 0.05) is 11.7 Å². The Morgan fingerprint density at radius 3 is 2.92 bits per heavy atom. The number of hydrogen-bond donors (Lipinski definition) is 0. The molecule has 0 N–H and O–H groups in total. The van der Waals surface area contributed by atoms with Gasteiger partial charge in [-0.1, -0.05) is 18.2 Å². The standard InChI is InChI=1S/C18H17N3O4/c1-12-8-9-13-5-2-3-6-14(13)21(12)16(22)11-20-18(23)25-17(19-20)15-7-4-10-24-15/h2-7,10,12H,8-9,11H2,1H3. The number of fused-ring (bicyclic) bond motifs is 1. The highest BCUT2D eigenvalue weighted by Crippen LogP contribution is 2.30. The highest BCUT2D eigenvalue weighted by molar-refractivity contribution is 5.95. The fourth-order valence-electron chi connectivity index (χ4n) is 3.18. The Balaban J connectivity index is 1.62. The normalized spacial score (nSPS) is 16.7. The number of aromatic nitrogens is 2. The van der Waals surface area contributed by atoms with Crippen LogP contribution in [0.4, 0.5) is 5.69 Å². The van der Waals surface area contributed by atoms with Crippen molar-refractivity contribution in [1.82, 2.24) is 9.78 Å². The molecule has 128 valence electrons. The molecule has 1 atom stereocenters. The smallest absolute Gasteiger partial charge is 0.437 e. The quantitative estimate of drug-likeness (QED) is 0.732. The predicted octanol–water partition coefficient (Wildman–Crippen LogP) is 2.46. The number of nitrogens with zero attached hydrogens (tertiary/aromatic N) is 3. The van der Waals surface area contributed by atoms with E-state index < -0.39 is 5.76 Å². The summed E-state index contributed by atoms with van der Waals surface area (Å²) in [5.74, 6) is -0.464. The van der Waals surface area contributed by atoms with Crippen molar-refractivity contribution < 1.29 is 13.6 Å². The van der Waals surface area contributed by atoms with E-state index in [1.54, 1.807) is 17.0 Å². The fourth-order valence-corrected chi connectivity index (χ4v) is 3.18. The molecule has 3 heterocycles. The summed E-state index contributed by atoms with van der Waals surface area (Å²) >= 11 is 0. The van der Waals surface area contributed by atoms with Crippen LogP contribution in [-0.2, 0) is 17.8 Å². The molecule has 1 unspecified atom stereocenters. The zero-order chi connectivity index (χ0) is 17.4. The van der Waals surface area contributed by atoms with Crippen LogP contribution in [0.3, 0.4) is 0 Å². The highest BCUT2D eigenvalue weighted by Gasteiger charge is 2.29. The van der Waals surface area contributed by atoms with Crippen molar-refractivity contribution in [2.45, 2.75) is 32.4 Å². The lowest BCUT2D eigenvalue weighted by atomic mass is 9.96. The van der Waals surface area contributed by atoms with E-state index in [0.717, 1.165) is 28.8 Å². The van der Waals surface area contributed by atoms with Crippen LogP contribution in [0.2, 0.25) is 0 Å². The third kappa shape index (κ3) is 2.77. The molecule has 0 aliphatic carbocycles. The van der Waals surface area contributed by atoms with Crippen LogP contribution in [0.15, 0.2) is 56.3 Å². The maximum Gasteiger partial charge on any atom is 0.437 e. The largest absolute Gasteiger partial charge is 0.459 e. The van der Waals surface area contributed by atoms with E-state index in [1.165, 1.54) is 6.26 Å². The number of amides is 1. The molecule has 7 heteroatoms. The average molecular weight is 339 g/mol. The third-order valence-corrected chi connectivity index (χ3v) is 4.42. The summed E-state index contributed by atoms with van der Waals surface area (Å²) in [6.45, 7) is 1.83. The first-order valence-corrected chi connectivity index (χ1v) is 8.15. The zero-order valence-corrected chi connectivity index (χ0v) is 13.7. The molecule has 7 nitrogen and oxygen atoms in total. The molecule has 4 rings (SSSR count). The van der Waals surface area contributed by atoms with E-state index in [1.807, 2.05) is 31.2 Å². The molecular formula is C18H17N3O4. The minimum atomic E-state index is -0.683. The van der Waals surface area contributed by atoms with Gasteiger partial charge in [0.1, 0.15) is 6.54 Å². The second-order valence-corrected chi connectivity index (χ2v) is 6.09. The molecular weight excluding hydrogens is 322 g/mol. The Morgan fingerprint density at radius 1 is 1.28 bits per heavy atom.